The van der Waals surface area contributed by atoms with Gasteiger partial charge in [0.15, 0.2) is 9.84 Å². The molecule has 4 unspecified atom stereocenters. The zero-order valence-electron chi connectivity index (χ0n) is 22.2. The number of carbonyl (C=O) groups excluding carboxylic acids is 1. The monoisotopic (exact) mass is 540 g/mol. The molecule has 2 aliphatic heterocycles. The highest BCUT2D eigenvalue weighted by atomic mass is 32.2. The first-order valence-corrected chi connectivity index (χ1v) is 14.9. The Kier molecular flexibility index (Phi) is 6.12. The molecule has 0 bridgehead atoms. The quantitative estimate of drug-likeness (QED) is 0.422. The average molecular weight is 541 g/mol. The molecule has 1 spiro atoms. The van der Waals surface area contributed by atoms with Crippen LogP contribution in [-0.2, 0) is 20.0 Å². The van der Waals surface area contributed by atoms with Crippen molar-refractivity contribution < 1.29 is 22.7 Å². The summed E-state index contributed by atoms with van der Waals surface area (Å²) in [4.78, 5) is 13.4. The molecule has 4 aliphatic rings. The molecule has 2 aromatic rings. The van der Waals surface area contributed by atoms with Crippen LogP contribution in [0, 0.1) is 17.8 Å². The maximum Gasteiger partial charge on any atom is 0.235 e. The molecular formula is C28H36N4O5S. The van der Waals surface area contributed by atoms with Crippen molar-refractivity contribution >= 4 is 27.1 Å². The minimum absolute atomic E-state index is 0.0696. The molecule has 0 radical (unpaired) electrons. The molecule has 6 rings (SSSR count). The van der Waals surface area contributed by atoms with E-state index in [0.29, 0.717) is 29.2 Å². The van der Waals surface area contributed by atoms with E-state index in [1.807, 2.05) is 18.2 Å². The highest BCUT2D eigenvalue weighted by molar-refractivity contribution is 7.92. The highest BCUT2D eigenvalue weighted by Crippen LogP contribution is 2.65. The van der Waals surface area contributed by atoms with Crippen LogP contribution in [0.2, 0.25) is 0 Å². The second kappa shape index (κ2) is 9.14. The second-order valence-corrected chi connectivity index (χ2v) is 13.9. The van der Waals surface area contributed by atoms with Crippen molar-refractivity contribution in [2.45, 2.75) is 67.3 Å². The van der Waals surface area contributed by atoms with E-state index in [0.717, 1.165) is 42.7 Å². The molecule has 3 fully saturated rings. The number of anilines is 2. The number of sulfone groups is 1. The van der Waals surface area contributed by atoms with Crippen LogP contribution in [-0.4, -0.2) is 46.0 Å². The fraction of sp³-hybridized carbons (Fsp3) is 0.536. The van der Waals surface area contributed by atoms with Gasteiger partial charge in [-0.3, -0.25) is 10.2 Å². The lowest BCUT2D eigenvalue weighted by molar-refractivity contribution is -0.118. The Morgan fingerprint density at radius 1 is 1.05 bits per heavy atom. The van der Waals surface area contributed by atoms with Crippen LogP contribution in [0.5, 0.6) is 11.5 Å². The molecule has 1 saturated heterocycles. The normalized spacial score (nSPS) is 31.6. The van der Waals surface area contributed by atoms with Gasteiger partial charge < -0.3 is 20.1 Å². The predicted octanol–water partition coefficient (Wildman–Crippen LogP) is 3.43. The molecule has 9 nitrogen and oxygen atoms in total. The van der Waals surface area contributed by atoms with E-state index in [-0.39, 0.29) is 23.0 Å². The van der Waals surface area contributed by atoms with E-state index in [2.05, 4.69) is 21.5 Å². The summed E-state index contributed by atoms with van der Waals surface area (Å²) < 4.78 is 36.5. The number of amides is 1. The topological polar surface area (TPSA) is 118 Å². The van der Waals surface area contributed by atoms with E-state index in [4.69, 9.17) is 9.47 Å². The number of hydrogen-bond acceptors (Lipinski definition) is 8. The number of ether oxygens (including phenoxy) is 2. The van der Waals surface area contributed by atoms with E-state index >= 15 is 0 Å². The van der Waals surface area contributed by atoms with Gasteiger partial charge in [0.25, 0.3) is 0 Å². The Hall–Kier alpha value is -2.82. The van der Waals surface area contributed by atoms with Crippen molar-refractivity contribution in [2.24, 2.45) is 17.8 Å². The fourth-order valence-electron chi connectivity index (χ4n) is 6.93. The second-order valence-electron chi connectivity index (χ2n) is 11.4. The van der Waals surface area contributed by atoms with Gasteiger partial charge in [0, 0.05) is 17.6 Å². The highest BCUT2D eigenvalue weighted by Gasteiger charge is 2.67. The summed E-state index contributed by atoms with van der Waals surface area (Å²) in [6.45, 7) is 3.37. The number of methoxy groups -OCH3 is 2. The Morgan fingerprint density at radius 2 is 1.87 bits per heavy atom. The maximum atomic E-state index is 13.1. The first kappa shape index (κ1) is 25.5. The van der Waals surface area contributed by atoms with Crippen LogP contribution in [0.15, 0.2) is 41.3 Å². The van der Waals surface area contributed by atoms with E-state index in [1.54, 1.807) is 46.3 Å². The smallest absolute Gasteiger partial charge is 0.235 e. The Bertz CT molecular complexity index is 1380. The fourth-order valence-corrected chi connectivity index (χ4v) is 8.02. The maximum absolute atomic E-state index is 13.1. The molecule has 2 aliphatic carbocycles. The van der Waals surface area contributed by atoms with Crippen LogP contribution < -0.4 is 31.0 Å². The van der Waals surface area contributed by atoms with Gasteiger partial charge in [0.1, 0.15) is 11.5 Å². The number of fused-ring (bicyclic) bond motifs is 3. The summed E-state index contributed by atoms with van der Waals surface area (Å²) in [6.07, 6.45) is 3.83. The zero-order valence-corrected chi connectivity index (χ0v) is 23.0. The van der Waals surface area contributed by atoms with Crippen LogP contribution in [0.25, 0.3) is 0 Å². The van der Waals surface area contributed by atoms with Crippen LogP contribution in [0.3, 0.4) is 0 Å². The van der Waals surface area contributed by atoms with E-state index in [1.165, 1.54) is 0 Å². The molecule has 4 N–H and O–H groups in total. The van der Waals surface area contributed by atoms with Gasteiger partial charge in [-0.15, -0.1) is 0 Å². The van der Waals surface area contributed by atoms with Crippen LogP contribution >= 0.6 is 0 Å². The molecule has 10 heteroatoms. The third-order valence-corrected chi connectivity index (χ3v) is 11.3. The largest absolute Gasteiger partial charge is 0.497 e. The van der Waals surface area contributed by atoms with Gasteiger partial charge in [0.05, 0.1) is 41.6 Å². The summed E-state index contributed by atoms with van der Waals surface area (Å²) >= 11 is 0. The molecule has 2 aromatic carbocycles. The Morgan fingerprint density at radius 3 is 2.61 bits per heavy atom. The summed E-state index contributed by atoms with van der Waals surface area (Å²) in [7, 11) is -0.162. The van der Waals surface area contributed by atoms with Gasteiger partial charge in [-0.05, 0) is 93.3 Å². The van der Waals surface area contributed by atoms with Gasteiger partial charge in [-0.2, -0.15) is 0 Å². The Balaban J connectivity index is 1.16. The third kappa shape index (κ3) is 3.87. The number of benzene rings is 2. The Labute approximate surface area is 223 Å². The molecule has 2 heterocycles. The number of rotatable bonds is 7. The van der Waals surface area contributed by atoms with Gasteiger partial charge in [0.2, 0.25) is 5.91 Å². The first-order valence-electron chi connectivity index (χ1n) is 13.4. The minimum atomic E-state index is -3.40. The summed E-state index contributed by atoms with van der Waals surface area (Å²) in [6, 6.07) is 11.1. The lowest BCUT2D eigenvalue weighted by atomic mass is 9.74. The number of hydrazine groups is 1. The molecule has 1 amide bonds. The molecule has 38 heavy (non-hydrogen) atoms. The SMILES string of the molecule is COc1ccc2c(c1)[C@]1(C[C@H]1C1CCC3C(C1)NNC3Nc1cc(S(=O)(=O)C(C)C)ccc1OC)C(=O)N2. The molecule has 204 valence electrons. The van der Waals surface area contributed by atoms with Crippen molar-refractivity contribution in [3.8, 4) is 11.5 Å². The van der Waals surface area contributed by atoms with Gasteiger partial charge in [-0.25, -0.2) is 13.8 Å². The molecular weight excluding hydrogens is 504 g/mol. The van der Waals surface area contributed by atoms with Gasteiger partial charge in [-0.1, -0.05) is 0 Å². The van der Waals surface area contributed by atoms with Crippen molar-refractivity contribution in [1.29, 1.82) is 0 Å². The molecule has 0 aromatic heterocycles. The lowest BCUT2D eigenvalue weighted by Gasteiger charge is -2.34. The zero-order chi connectivity index (χ0) is 26.8. The van der Waals surface area contributed by atoms with Crippen molar-refractivity contribution in [2.75, 3.05) is 24.9 Å². The van der Waals surface area contributed by atoms with Crippen LogP contribution in [0.1, 0.15) is 45.1 Å². The minimum Gasteiger partial charge on any atom is -0.497 e. The van der Waals surface area contributed by atoms with Crippen molar-refractivity contribution in [3.05, 3.63) is 42.0 Å². The first-order chi connectivity index (χ1) is 18.2. The summed E-state index contributed by atoms with van der Waals surface area (Å²) in [5.74, 6) is 2.59. The van der Waals surface area contributed by atoms with Gasteiger partial charge >= 0.3 is 0 Å². The summed E-state index contributed by atoms with van der Waals surface area (Å²) in [5, 5.41) is 6.10. The van der Waals surface area contributed by atoms with Crippen LogP contribution in [0.4, 0.5) is 11.4 Å². The lowest BCUT2D eigenvalue weighted by Crippen LogP contribution is -2.39. The third-order valence-electron chi connectivity index (χ3n) is 9.17. The predicted molar refractivity (Wildman–Crippen MR) is 145 cm³/mol. The molecule has 6 atom stereocenters. The summed E-state index contributed by atoms with van der Waals surface area (Å²) in [5.41, 5.74) is 9.09. The van der Waals surface area contributed by atoms with E-state index in [9.17, 15) is 13.2 Å². The number of nitrogens with one attached hydrogen (secondary N) is 4. The molecule has 2 saturated carbocycles. The van der Waals surface area contributed by atoms with Crippen molar-refractivity contribution in [3.63, 3.8) is 0 Å². The van der Waals surface area contributed by atoms with E-state index < -0.39 is 20.5 Å². The number of carbonyl (C=O) groups is 1. The standard InChI is InChI=1S/C28H36N4O5S/c1-15(2)38(34,35)18-7-10-25(37-4)24(13-18)29-26-19-8-5-16(11-23(19)31-32-26)21-14-28(21)20-12-17(36-3)6-9-22(20)30-27(28)33/h6-7,9-10,12-13,15-16,19,21,23,26,29,31-32H,5,8,11,14H2,1-4H3,(H,30,33)/t16?,19?,21-,23?,26?,28-/m0/s1. The van der Waals surface area contributed by atoms with Crippen molar-refractivity contribution in [1.82, 2.24) is 10.9 Å². The number of hydrogen-bond donors (Lipinski definition) is 4. The average Bonchev–Trinajstić information content (AvgIpc) is 3.46.